The molecule has 6 heteroatoms. The molecule has 0 aromatic carbocycles. The molecular formula is C13H20N2O3S. The second-order valence-electron chi connectivity index (χ2n) is 5.71. The van der Waals surface area contributed by atoms with E-state index in [4.69, 9.17) is 5.11 Å². The zero-order valence-corrected chi connectivity index (χ0v) is 11.9. The Morgan fingerprint density at radius 3 is 2.47 bits per heavy atom. The first-order chi connectivity index (χ1) is 9.02. The highest BCUT2D eigenvalue weighted by molar-refractivity contribution is 7.89. The summed E-state index contributed by atoms with van der Waals surface area (Å²) in [5, 5.41) is 9.16. The Morgan fingerprint density at radius 2 is 1.95 bits per heavy atom. The van der Waals surface area contributed by atoms with Crippen LogP contribution in [0.2, 0.25) is 0 Å². The van der Waals surface area contributed by atoms with E-state index >= 15 is 0 Å². The highest BCUT2D eigenvalue weighted by Gasteiger charge is 2.41. The van der Waals surface area contributed by atoms with Gasteiger partial charge < -0.3 is 9.67 Å². The highest BCUT2D eigenvalue weighted by atomic mass is 32.2. The first kappa shape index (κ1) is 13.1. The lowest BCUT2D eigenvalue weighted by molar-refractivity contribution is 0.272. The van der Waals surface area contributed by atoms with Gasteiger partial charge in [0.2, 0.25) is 10.0 Å². The molecule has 1 aliphatic heterocycles. The summed E-state index contributed by atoms with van der Waals surface area (Å²) in [7, 11) is -1.64. The highest BCUT2D eigenvalue weighted by Crippen LogP contribution is 2.39. The Labute approximate surface area is 113 Å². The van der Waals surface area contributed by atoms with Crippen molar-refractivity contribution in [3.8, 4) is 0 Å². The lowest BCUT2D eigenvalue weighted by atomic mass is 10.0. The zero-order chi connectivity index (χ0) is 13.6. The molecule has 2 fully saturated rings. The fourth-order valence-electron chi connectivity index (χ4n) is 3.41. The number of aryl methyl sites for hydroxylation is 1. The van der Waals surface area contributed by atoms with Crippen molar-refractivity contribution in [3.05, 3.63) is 18.0 Å². The van der Waals surface area contributed by atoms with E-state index in [2.05, 4.69) is 0 Å². The van der Waals surface area contributed by atoms with E-state index in [1.807, 2.05) is 0 Å². The van der Waals surface area contributed by atoms with Gasteiger partial charge in [-0.15, -0.1) is 0 Å². The summed E-state index contributed by atoms with van der Waals surface area (Å²) >= 11 is 0. The fourth-order valence-corrected chi connectivity index (χ4v) is 5.06. The van der Waals surface area contributed by atoms with E-state index in [1.165, 1.54) is 6.42 Å². The van der Waals surface area contributed by atoms with Crippen LogP contribution in [0.25, 0.3) is 0 Å². The molecule has 2 heterocycles. The Balaban J connectivity index is 1.86. The summed E-state index contributed by atoms with van der Waals surface area (Å²) in [6, 6.07) is 1.57. The molecule has 1 saturated carbocycles. The number of sulfonamides is 1. The minimum absolute atomic E-state index is 0.142. The first-order valence-electron chi connectivity index (χ1n) is 6.78. The van der Waals surface area contributed by atoms with Gasteiger partial charge in [-0.25, -0.2) is 8.42 Å². The van der Waals surface area contributed by atoms with E-state index in [1.54, 1.807) is 28.2 Å². The monoisotopic (exact) mass is 284 g/mol. The maximum absolute atomic E-state index is 12.6. The molecule has 2 atom stereocenters. The Morgan fingerprint density at radius 1 is 1.32 bits per heavy atom. The van der Waals surface area contributed by atoms with Crippen molar-refractivity contribution in [1.29, 1.82) is 0 Å². The molecule has 1 aromatic rings. The summed E-state index contributed by atoms with van der Waals surface area (Å²) < 4.78 is 28.4. The molecule has 0 amide bonds. The van der Waals surface area contributed by atoms with Crippen LogP contribution >= 0.6 is 0 Å². The van der Waals surface area contributed by atoms with Gasteiger partial charge in [-0.05, 0) is 30.7 Å². The summed E-state index contributed by atoms with van der Waals surface area (Å²) in [6.45, 7) is 1.18. The first-order valence-corrected chi connectivity index (χ1v) is 8.22. The molecule has 1 aromatic heterocycles. The molecule has 1 saturated heterocycles. The molecular weight excluding hydrogens is 264 g/mol. The molecule has 0 radical (unpaired) electrons. The Hall–Kier alpha value is -0.850. The number of hydrogen-bond donors (Lipinski definition) is 1. The maximum Gasteiger partial charge on any atom is 0.244 e. The molecule has 3 rings (SSSR count). The SMILES string of the molecule is Cn1cc(S(=O)(=O)N2CC3CCCC3C2)cc1CO. The smallest absolute Gasteiger partial charge is 0.244 e. The number of rotatable bonds is 3. The van der Waals surface area contributed by atoms with Gasteiger partial charge in [0.15, 0.2) is 0 Å². The molecule has 1 aliphatic carbocycles. The van der Waals surface area contributed by atoms with E-state index < -0.39 is 10.0 Å². The van der Waals surface area contributed by atoms with Crippen LogP contribution in [0.3, 0.4) is 0 Å². The number of hydrogen-bond acceptors (Lipinski definition) is 3. The van der Waals surface area contributed by atoms with Crippen LogP contribution in [0.15, 0.2) is 17.2 Å². The number of fused-ring (bicyclic) bond motifs is 1. The van der Waals surface area contributed by atoms with Gasteiger partial charge in [-0.2, -0.15) is 4.31 Å². The van der Waals surface area contributed by atoms with Crippen molar-refractivity contribution in [2.45, 2.75) is 30.8 Å². The van der Waals surface area contributed by atoms with Crippen molar-refractivity contribution >= 4 is 10.0 Å². The Bertz CT molecular complexity index is 567. The van der Waals surface area contributed by atoms with E-state index in [-0.39, 0.29) is 6.61 Å². The fraction of sp³-hybridized carbons (Fsp3) is 0.692. The predicted octanol–water partition coefficient (Wildman–Crippen LogP) is 0.938. The van der Waals surface area contributed by atoms with Crippen LogP contribution in [0.1, 0.15) is 25.0 Å². The molecule has 106 valence electrons. The molecule has 5 nitrogen and oxygen atoms in total. The van der Waals surface area contributed by atoms with Crippen molar-refractivity contribution in [3.63, 3.8) is 0 Å². The third kappa shape index (κ3) is 2.11. The number of aliphatic hydroxyl groups is 1. The predicted molar refractivity (Wildman–Crippen MR) is 70.9 cm³/mol. The third-order valence-electron chi connectivity index (χ3n) is 4.58. The summed E-state index contributed by atoms with van der Waals surface area (Å²) in [5.74, 6) is 1.10. The number of aliphatic hydroxyl groups excluding tert-OH is 1. The Kier molecular flexibility index (Phi) is 3.19. The number of nitrogens with zero attached hydrogens (tertiary/aromatic N) is 2. The quantitative estimate of drug-likeness (QED) is 0.898. The summed E-state index contributed by atoms with van der Waals surface area (Å²) in [5.41, 5.74) is 0.623. The maximum atomic E-state index is 12.6. The normalized spacial score (nSPS) is 27.9. The molecule has 2 aliphatic rings. The standard InChI is InChI=1S/C13H20N2O3S/c1-14-8-13(5-12(14)9-16)19(17,18)15-6-10-3-2-4-11(10)7-15/h5,8,10-11,16H,2-4,6-7,9H2,1H3. The van der Waals surface area contributed by atoms with Gasteiger partial charge in [-0.3, -0.25) is 0 Å². The second kappa shape index (κ2) is 4.61. The topological polar surface area (TPSA) is 62.5 Å². The molecule has 1 N–H and O–H groups in total. The largest absolute Gasteiger partial charge is 0.390 e. The summed E-state index contributed by atoms with van der Waals surface area (Å²) in [4.78, 5) is 0.305. The van der Waals surface area contributed by atoms with Crippen molar-refractivity contribution < 1.29 is 13.5 Å². The van der Waals surface area contributed by atoms with Crippen molar-refractivity contribution in [2.24, 2.45) is 18.9 Å². The van der Waals surface area contributed by atoms with Gasteiger partial charge in [0.1, 0.15) is 4.90 Å². The van der Waals surface area contributed by atoms with Gasteiger partial charge in [0, 0.05) is 32.0 Å². The van der Waals surface area contributed by atoms with Crippen LogP contribution in [0.5, 0.6) is 0 Å². The lowest BCUT2D eigenvalue weighted by Crippen LogP contribution is -2.29. The van der Waals surface area contributed by atoms with E-state index in [0.717, 1.165) is 12.8 Å². The third-order valence-corrected chi connectivity index (χ3v) is 6.37. The minimum atomic E-state index is -3.39. The van der Waals surface area contributed by atoms with Crippen LogP contribution < -0.4 is 0 Å². The molecule has 2 unspecified atom stereocenters. The zero-order valence-electron chi connectivity index (χ0n) is 11.1. The average molecular weight is 284 g/mol. The molecule has 19 heavy (non-hydrogen) atoms. The van der Waals surface area contributed by atoms with Gasteiger partial charge in [-0.1, -0.05) is 6.42 Å². The summed E-state index contributed by atoms with van der Waals surface area (Å²) in [6.07, 6.45) is 5.15. The number of aromatic nitrogens is 1. The van der Waals surface area contributed by atoms with Crippen LogP contribution in [0, 0.1) is 11.8 Å². The molecule has 0 bridgehead atoms. The second-order valence-corrected chi connectivity index (χ2v) is 7.65. The van der Waals surface area contributed by atoms with E-state index in [9.17, 15) is 8.42 Å². The van der Waals surface area contributed by atoms with Crippen molar-refractivity contribution in [2.75, 3.05) is 13.1 Å². The van der Waals surface area contributed by atoms with Gasteiger partial charge in [0.05, 0.1) is 6.61 Å². The average Bonchev–Trinajstić information content (AvgIpc) is 3.00. The van der Waals surface area contributed by atoms with Crippen LogP contribution in [-0.2, 0) is 23.7 Å². The molecule has 0 spiro atoms. The van der Waals surface area contributed by atoms with Gasteiger partial charge >= 0.3 is 0 Å². The van der Waals surface area contributed by atoms with Crippen LogP contribution in [-0.4, -0.2) is 35.5 Å². The van der Waals surface area contributed by atoms with Crippen LogP contribution in [0.4, 0.5) is 0 Å². The van der Waals surface area contributed by atoms with E-state index in [0.29, 0.717) is 35.5 Å². The minimum Gasteiger partial charge on any atom is -0.390 e. The lowest BCUT2D eigenvalue weighted by Gasteiger charge is -2.16. The van der Waals surface area contributed by atoms with Gasteiger partial charge in [0.25, 0.3) is 0 Å². The van der Waals surface area contributed by atoms with Crippen molar-refractivity contribution in [1.82, 2.24) is 8.87 Å².